The number of ether oxygens (including phenoxy) is 3. The minimum absolute atomic E-state index is 0.126. The number of esters is 1. The molecular weight excluding hydrogens is 424 g/mol. The fourth-order valence-electron chi connectivity index (χ4n) is 4.52. The highest BCUT2D eigenvalue weighted by Crippen LogP contribution is 2.52. The van der Waals surface area contributed by atoms with Gasteiger partial charge in [-0.3, -0.25) is 9.59 Å². The molecule has 2 amide bonds. The Morgan fingerprint density at radius 2 is 1.81 bits per heavy atom. The molecular formula is C22H23ClN2O6. The van der Waals surface area contributed by atoms with Gasteiger partial charge in [0.05, 0.1) is 36.3 Å². The number of amides is 2. The Bertz CT molecular complexity index is 945. The van der Waals surface area contributed by atoms with Crippen LogP contribution < -0.4 is 9.47 Å². The Labute approximate surface area is 184 Å². The summed E-state index contributed by atoms with van der Waals surface area (Å²) in [5.74, 6) is -0.864. The Morgan fingerprint density at radius 3 is 2.42 bits per heavy atom. The van der Waals surface area contributed by atoms with Gasteiger partial charge in [-0.2, -0.15) is 10.1 Å². The zero-order valence-electron chi connectivity index (χ0n) is 17.2. The molecule has 0 spiro atoms. The molecule has 0 N–H and O–H groups in total. The van der Waals surface area contributed by atoms with Gasteiger partial charge in [0.1, 0.15) is 0 Å². The van der Waals surface area contributed by atoms with Crippen LogP contribution in [0.5, 0.6) is 11.5 Å². The average molecular weight is 447 g/mol. The van der Waals surface area contributed by atoms with Crippen molar-refractivity contribution in [3.63, 3.8) is 0 Å². The Morgan fingerprint density at radius 1 is 1.13 bits per heavy atom. The number of carbonyl (C=O) groups excluding carboxylic acids is 3. The van der Waals surface area contributed by atoms with Crippen LogP contribution in [-0.2, 0) is 19.1 Å². The van der Waals surface area contributed by atoms with Crippen LogP contribution in [-0.4, -0.2) is 48.8 Å². The van der Waals surface area contributed by atoms with Crippen LogP contribution in [0.3, 0.4) is 0 Å². The number of hydrogen-bond donors (Lipinski definition) is 0. The standard InChI is InChI=1S/C22H23ClN2O6/c1-3-29-16-8-12(7-15(23)20(16)31-11-17(26)30-4-2)10-24-25-21(27)18-13-5-6-14(9-13)19(18)22(25)28/h5-8,10,13-14,18-19H,3-4,9,11H2,1-2H3. The van der Waals surface area contributed by atoms with E-state index in [1.165, 1.54) is 6.21 Å². The van der Waals surface area contributed by atoms with E-state index in [4.69, 9.17) is 25.8 Å². The first-order valence-electron chi connectivity index (χ1n) is 10.3. The number of carbonyl (C=O) groups is 3. The van der Waals surface area contributed by atoms with Gasteiger partial charge < -0.3 is 14.2 Å². The van der Waals surface area contributed by atoms with E-state index < -0.39 is 5.97 Å². The summed E-state index contributed by atoms with van der Waals surface area (Å²) in [4.78, 5) is 37.1. The fourth-order valence-corrected chi connectivity index (χ4v) is 4.80. The second-order valence-corrected chi connectivity index (χ2v) is 8.00. The van der Waals surface area contributed by atoms with Crippen LogP contribution in [0.4, 0.5) is 0 Å². The summed E-state index contributed by atoms with van der Waals surface area (Å²) in [6, 6.07) is 3.18. The highest BCUT2D eigenvalue weighted by Gasteiger charge is 2.59. The van der Waals surface area contributed by atoms with Crippen LogP contribution in [0.2, 0.25) is 5.02 Å². The van der Waals surface area contributed by atoms with E-state index in [0.717, 1.165) is 11.4 Å². The molecule has 4 atom stereocenters. The smallest absolute Gasteiger partial charge is 0.344 e. The van der Waals surface area contributed by atoms with E-state index in [1.807, 2.05) is 12.2 Å². The molecule has 9 heteroatoms. The molecule has 164 valence electrons. The van der Waals surface area contributed by atoms with Crippen LogP contribution in [0.1, 0.15) is 25.8 Å². The molecule has 1 heterocycles. The maximum atomic E-state index is 12.7. The van der Waals surface area contributed by atoms with Crippen molar-refractivity contribution in [3.8, 4) is 11.5 Å². The largest absolute Gasteiger partial charge is 0.490 e. The summed E-state index contributed by atoms with van der Waals surface area (Å²) in [5.41, 5.74) is 0.524. The van der Waals surface area contributed by atoms with Gasteiger partial charge in [0, 0.05) is 0 Å². The molecule has 0 radical (unpaired) electrons. The van der Waals surface area contributed by atoms with Gasteiger partial charge in [-0.1, -0.05) is 23.8 Å². The minimum atomic E-state index is -0.522. The fraction of sp³-hybridized carbons (Fsp3) is 0.455. The van der Waals surface area contributed by atoms with Gasteiger partial charge in [0.25, 0.3) is 11.8 Å². The molecule has 1 aliphatic heterocycles. The van der Waals surface area contributed by atoms with Crippen molar-refractivity contribution in [1.82, 2.24) is 5.01 Å². The zero-order valence-corrected chi connectivity index (χ0v) is 18.0. The monoisotopic (exact) mass is 446 g/mol. The summed E-state index contributed by atoms with van der Waals surface area (Å²) < 4.78 is 15.9. The third kappa shape index (κ3) is 3.92. The predicted octanol–water partition coefficient (Wildman–Crippen LogP) is 2.82. The molecule has 1 aromatic carbocycles. The molecule has 2 bridgehead atoms. The minimum Gasteiger partial charge on any atom is -0.490 e. The topological polar surface area (TPSA) is 94.5 Å². The lowest BCUT2D eigenvalue weighted by Gasteiger charge is -2.14. The quantitative estimate of drug-likeness (QED) is 0.264. The Hall–Kier alpha value is -2.87. The second kappa shape index (κ2) is 8.70. The van der Waals surface area contributed by atoms with Crippen molar-refractivity contribution in [2.24, 2.45) is 28.8 Å². The molecule has 8 nitrogen and oxygen atoms in total. The summed E-state index contributed by atoms with van der Waals surface area (Å²) >= 11 is 6.33. The van der Waals surface area contributed by atoms with Crippen molar-refractivity contribution in [3.05, 3.63) is 34.9 Å². The van der Waals surface area contributed by atoms with E-state index >= 15 is 0 Å². The lowest BCUT2D eigenvalue weighted by molar-refractivity contribution is -0.145. The number of hydrazone groups is 1. The first-order valence-corrected chi connectivity index (χ1v) is 10.7. The van der Waals surface area contributed by atoms with Gasteiger partial charge in [-0.15, -0.1) is 0 Å². The molecule has 4 rings (SSSR count). The Balaban J connectivity index is 1.52. The highest BCUT2D eigenvalue weighted by atomic mass is 35.5. The maximum Gasteiger partial charge on any atom is 0.344 e. The van der Waals surface area contributed by atoms with E-state index in [0.29, 0.717) is 17.9 Å². The average Bonchev–Trinajstić information content (AvgIpc) is 3.41. The highest BCUT2D eigenvalue weighted by molar-refractivity contribution is 6.32. The lowest BCUT2D eigenvalue weighted by atomic mass is 9.85. The molecule has 31 heavy (non-hydrogen) atoms. The number of benzene rings is 1. The molecule has 4 unspecified atom stereocenters. The number of imide groups is 1. The molecule has 0 aromatic heterocycles. The Kier molecular flexibility index (Phi) is 6.00. The lowest BCUT2D eigenvalue weighted by Crippen LogP contribution is -2.28. The number of nitrogens with zero attached hydrogens (tertiary/aromatic N) is 2. The van der Waals surface area contributed by atoms with Crippen LogP contribution in [0.15, 0.2) is 29.4 Å². The summed E-state index contributed by atoms with van der Waals surface area (Å²) in [6.45, 7) is 3.78. The van der Waals surface area contributed by atoms with Gasteiger partial charge in [0.2, 0.25) is 0 Å². The van der Waals surface area contributed by atoms with Crippen molar-refractivity contribution >= 4 is 35.6 Å². The van der Waals surface area contributed by atoms with E-state index in [2.05, 4.69) is 5.10 Å². The molecule has 1 saturated carbocycles. The third-order valence-electron chi connectivity index (χ3n) is 5.74. The van der Waals surface area contributed by atoms with Crippen LogP contribution in [0, 0.1) is 23.7 Å². The third-order valence-corrected chi connectivity index (χ3v) is 6.02. The van der Waals surface area contributed by atoms with Crippen molar-refractivity contribution in [2.45, 2.75) is 20.3 Å². The van der Waals surface area contributed by atoms with Crippen molar-refractivity contribution in [1.29, 1.82) is 0 Å². The molecule has 1 aromatic rings. The number of allylic oxidation sites excluding steroid dienone is 2. The van der Waals surface area contributed by atoms with Gasteiger partial charge in [-0.05, 0) is 49.8 Å². The normalized spacial score (nSPS) is 26.1. The summed E-state index contributed by atoms with van der Waals surface area (Å²) in [5, 5.41) is 5.33. The number of fused-ring (bicyclic) bond motifs is 5. The van der Waals surface area contributed by atoms with Gasteiger partial charge in [-0.25, -0.2) is 4.79 Å². The van der Waals surface area contributed by atoms with Crippen molar-refractivity contribution < 1.29 is 28.6 Å². The first kappa shape index (κ1) is 21.4. The second-order valence-electron chi connectivity index (χ2n) is 7.59. The molecule has 2 aliphatic carbocycles. The van der Waals surface area contributed by atoms with E-state index in [1.54, 1.807) is 26.0 Å². The SMILES string of the molecule is CCOC(=O)COc1c(Cl)cc(C=NN2C(=O)C3C4C=CC(C4)C3C2=O)cc1OCC. The van der Waals surface area contributed by atoms with Crippen LogP contribution >= 0.6 is 11.6 Å². The van der Waals surface area contributed by atoms with Crippen LogP contribution in [0.25, 0.3) is 0 Å². The molecule has 2 fully saturated rings. The zero-order chi connectivity index (χ0) is 22.1. The number of rotatable bonds is 8. The van der Waals surface area contributed by atoms with Crippen molar-refractivity contribution in [2.75, 3.05) is 19.8 Å². The van der Waals surface area contributed by atoms with E-state index in [9.17, 15) is 14.4 Å². The van der Waals surface area contributed by atoms with E-state index in [-0.39, 0.29) is 59.5 Å². The maximum absolute atomic E-state index is 12.7. The first-order chi connectivity index (χ1) is 14.9. The number of hydrogen-bond acceptors (Lipinski definition) is 7. The van der Waals surface area contributed by atoms with Gasteiger partial charge >= 0.3 is 5.97 Å². The number of halogens is 1. The van der Waals surface area contributed by atoms with Gasteiger partial charge in [0.15, 0.2) is 18.1 Å². The molecule has 1 saturated heterocycles. The summed E-state index contributed by atoms with van der Waals surface area (Å²) in [7, 11) is 0. The predicted molar refractivity (Wildman–Crippen MR) is 112 cm³/mol. The molecule has 3 aliphatic rings. The summed E-state index contributed by atoms with van der Waals surface area (Å²) in [6.07, 6.45) is 6.33.